The number of hydrogen-bond donors (Lipinski definition) is 1. The molecule has 0 aliphatic carbocycles. The summed E-state index contributed by atoms with van der Waals surface area (Å²) >= 11 is 0. The van der Waals surface area contributed by atoms with Gasteiger partial charge in [-0.15, -0.1) is 0 Å². The van der Waals surface area contributed by atoms with E-state index in [9.17, 15) is 0 Å². The molecule has 0 bridgehead atoms. The lowest BCUT2D eigenvalue weighted by Crippen LogP contribution is -2.42. The first-order chi connectivity index (χ1) is 9.69. The van der Waals surface area contributed by atoms with E-state index in [1.54, 1.807) is 0 Å². The number of nitrogens with one attached hydrogen (secondary N) is 1. The van der Waals surface area contributed by atoms with Crippen LogP contribution < -0.4 is 10.2 Å². The van der Waals surface area contributed by atoms with E-state index in [1.165, 1.54) is 50.1 Å². The molecule has 0 radical (unpaired) electrons. The summed E-state index contributed by atoms with van der Waals surface area (Å²) in [5, 5.41) is 3.71. The van der Waals surface area contributed by atoms with Crippen LogP contribution in [0.3, 0.4) is 0 Å². The average Bonchev–Trinajstić information content (AvgIpc) is 2.47. The topological polar surface area (TPSA) is 18.5 Å². The lowest BCUT2D eigenvalue weighted by atomic mass is 10.0. The first kappa shape index (κ1) is 15.3. The molecule has 1 aromatic rings. The molecule has 0 saturated carbocycles. The Labute approximate surface area is 124 Å². The number of hydrogen-bond acceptors (Lipinski definition) is 3. The lowest BCUT2D eigenvalue weighted by Gasteiger charge is -2.32. The summed E-state index contributed by atoms with van der Waals surface area (Å²) in [6.07, 6.45) is 3.85. The van der Waals surface area contributed by atoms with E-state index in [1.807, 2.05) is 0 Å². The SMILES string of the molecule is CCCN1CCC(NCc2ccc(N(C)C)cc2)CC1. The summed E-state index contributed by atoms with van der Waals surface area (Å²) in [7, 11) is 4.16. The number of rotatable bonds is 6. The largest absolute Gasteiger partial charge is 0.378 e. The molecule has 3 nitrogen and oxygen atoms in total. The van der Waals surface area contributed by atoms with E-state index in [0.29, 0.717) is 6.04 Å². The van der Waals surface area contributed by atoms with Crippen LogP contribution in [0.15, 0.2) is 24.3 Å². The van der Waals surface area contributed by atoms with Crippen LogP contribution in [-0.4, -0.2) is 44.7 Å². The Kier molecular flexibility index (Phi) is 5.86. The molecule has 1 aliphatic heterocycles. The number of piperidine rings is 1. The molecule has 1 aliphatic rings. The molecule has 0 atom stereocenters. The third-order valence-corrected chi connectivity index (χ3v) is 4.18. The van der Waals surface area contributed by atoms with Gasteiger partial charge in [0.25, 0.3) is 0 Å². The number of benzene rings is 1. The zero-order valence-electron chi connectivity index (χ0n) is 13.2. The molecule has 1 N–H and O–H groups in total. The molecule has 0 amide bonds. The van der Waals surface area contributed by atoms with Crippen molar-refractivity contribution in [1.82, 2.24) is 10.2 Å². The second-order valence-electron chi connectivity index (χ2n) is 6.06. The molecule has 0 spiro atoms. The maximum absolute atomic E-state index is 3.71. The van der Waals surface area contributed by atoms with Crippen LogP contribution in [0.4, 0.5) is 5.69 Å². The maximum Gasteiger partial charge on any atom is 0.0361 e. The van der Waals surface area contributed by atoms with E-state index in [2.05, 4.69) is 60.4 Å². The van der Waals surface area contributed by atoms with E-state index in [0.717, 1.165) is 6.54 Å². The van der Waals surface area contributed by atoms with Crippen LogP contribution in [0.1, 0.15) is 31.7 Å². The van der Waals surface area contributed by atoms with Crippen molar-refractivity contribution < 1.29 is 0 Å². The molecular formula is C17H29N3. The number of anilines is 1. The fraction of sp³-hybridized carbons (Fsp3) is 0.647. The van der Waals surface area contributed by atoms with Gasteiger partial charge in [0.2, 0.25) is 0 Å². The Bertz CT molecular complexity index is 378. The fourth-order valence-electron chi connectivity index (χ4n) is 2.85. The number of likely N-dealkylation sites (tertiary alicyclic amines) is 1. The van der Waals surface area contributed by atoms with Gasteiger partial charge >= 0.3 is 0 Å². The first-order valence-corrected chi connectivity index (χ1v) is 7.91. The summed E-state index contributed by atoms with van der Waals surface area (Å²) in [6, 6.07) is 9.54. The maximum atomic E-state index is 3.71. The van der Waals surface area contributed by atoms with Crippen LogP contribution in [0.2, 0.25) is 0 Å². The molecule has 1 aromatic carbocycles. The molecule has 0 unspecified atom stereocenters. The molecule has 1 saturated heterocycles. The highest BCUT2D eigenvalue weighted by Gasteiger charge is 2.17. The molecule has 0 aromatic heterocycles. The van der Waals surface area contributed by atoms with Crippen LogP contribution in [-0.2, 0) is 6.54 Å². The third kappa shape index (κ3) is 4.50. The smallest absolute Gasteiger partial charge is 0.0361 e. The van der Waals surface area contributed by atoms with Gasteiger partial charge in [0.15, 0.2) is 0 Å². The minimum Gasteiger partial charge on any atom is -0.378 e. The third-order valence-electron chi connectivity index (χ3n) is 4.18. The molecule has 1 heterocycles. The first-order valence-electron chi connectivity index (χ1n) is 7.91. The highest BCUT2D eigenvalue weighted by molar-refractivity contribution is 5.45. The summed E-state index contributed by atoms with van der Waals surface area (Å²) in [6.45, 7) is 7.03. The van der Waals surface area contributed by atoms with Crippen molar-refractivity contribution in [1.29, 1.82) is 0 Å². The van der Waals surface area contributed by atoms with Gasteiger partial charge in [0.05, 0.1) is 0 Å². The van der Waals surface area contributed by atoms with Gasteiger partial charge < -0.3 is 15.1 Å². The van der Waals surface area contributed by atoms with Crippen molar-refractivity contribution in [2.45, 2.75) is 38.8 Å². The highest BCUT2D eigenvalue weighted by atomic mass is 15.1. The summed E-state index contributed by atoms with van der Waals surface area (Å²) < 4.78 is 0. The highest BCUT2D eigenvalue weighted by Crippen LogP contribution is 2.14. The zero-order valence-corrected chi connectivity index (χ0v) is 13.2. The van der Waals surface area contributed by atoms with Crippen LogP contribution >= 0.6 is 0 Å². The van der Waals surface area contributed by atoms with E-state index < -0.39 is 0 Å². The molecule has 2 rings (SSSR count). The minimum atomic E-state index is 0.691. The summed E-state index contributed by atoms with van der Waals surface area (Å²) in [5.41, 5.74) is 2.65. The van der Waals surface area contributed by atoms with Crippen molar-refractivity contribution in [3.05, 3.63) is 29.8 Å². The quantitative estimate of drug-likeness (QED) is 0.861. The predicted octanol–water partition coefficient (Wildman–Crippen LogP) is 2.72. The van der Waals surface area contributed by atoms with Crippen LogP contribution in [0.5, 0.6) is 0 Å². The second-order valence-corrected chi connectivity index (χ2v) is 6.06. The Hall–Kier alpha value is -1.06. The second kappa shape index (κ2) is 7.65. The van der Waals surface area contributed by atoms with E-state index >= 15 is 0 Å². The Morgan fingerprint density at radius 1 is 1.15 bits per heavy atom. The van der Waals surface area contributed by atoms with Gasteiger partial charge in [-0.3, -0.25) is 0 Å². The standard InChI is InChI=1S/C17H29N3/c1-4-11-20-12-9-16(10-13-20)18-14-15-5-7-17(8-6-15)19(2)3/h5-8,16,18H,4,9-14H2,1-3H3. The summed E-state index contributed by atoms with van der Waals surface area (Å²) in [5.74, 6) is 0. The fourth-order valence-corrected chi connectivity index (χ4v) is 2.85. The monoisotopic (exact) mass is 275 g/mol. The lowest BCUT2D eigenvalue weighted by molar-refractivity contribution is 0.197. The molecule has 3 heteroatoms. The van der Waals surface area contributed by atoms with E-state index in [-0.39, 0.29) is 0 Å². The van der Waals surface area contributed by atoms with Crippen molar-refractivity contribution in [3.63, 3.8) is 0 Å². The summed E-state index contributed by atoms with van der Waals surface area (Å²) in [4.78, 5) is 4.73. The zero-order chi connectivity index (χ0) is 14.4. The molecule has 20 heavy (non-hydrogen) atoms. The van der Waals surface area contributed by atoms with Crippen molar-refractivity contribution in [3.8, 4) is 0 Å². The van der Waals surface area contributed by atoms with Gasteiger partial charge in [0.1, 0.15) is 0 Å². The van der Waals surface area contributed by atoms with E-state index in [4.69, 9.17) is 0 Å². The minimum absolute atomic E-state index is 0.691. The van der Waals surface area contributed by atoms with Gasteiger partial charge in [-0.2, -0.15) is 0 Å². The van der Waals surface area contributed by atoms with Gasteiger partial charge in [-0.05, 0) is 56.6 Å². The molecule has 1 fully saturated rings. The van der Waals surface area contributed by atoms with Gasteiger partial charge in [0, 0.05) is 32.4 Å². The van der Waals surface area contributed by atoms with Crippen molar-refractivity contribution in [2.24, 2.45) is 0 Å². The Morgan fingerprint density at radius 3 is 2.35 bits per heavy atom. The van der Waals surface area contributed by atoms with Crippen LogP contribution in [0, 0.1) is 0 Å². The van der Waals surface area contributed by atoms with Crippen molar-refractivity contribution in [2.75, 3.05) is 38.6 Å². The predicted molar refractivity (Wildman–Crippen MR) is 87.4 cm³/mol. The van der Waals surface area contributed by atoms with Gasteiger partial charge in [-0.1, -0.05) is 19.1 Å². The van der Waals surface area contributed by atoms with Crippen molar-refractivity contribution >= 4 is 5.69 Å². The Balaban J connectivity index is 1.73. The average molecular weight is 275 g/mol. The van der Waals surface area contributed by atoms with Gasteiger partial charge in [-0.25, -0.2) is 0 Å². The normalized spacial score (nSPS) is 17.4. The Morgan fingerprint density at radius 2 is 1.80 bits per heavy atom. The van der Waals surface area contributed by atoms with Crippen LogP contribution in [0.25, 0.3) is 0 Å². The molecular weight excluding hydrogens is 246 g/mol. The molecule has 112 valence electrons. The number of nitrogens with zero attached hydrogens (tertiary/aromatic N) is 2.